The molecule has 1 aromatic carbocycles. The van der Waals surface area contributed by atoms with Gasteiger partial charge in [0.25, 0.3) is 11.8 Å². The lowest BCUT2D eigenvalue weighted by atomic mass is 10.2. The molecule has 0 radical (unpaired) electrons. The molecule has 1 fully saturated rings. The Bertz CT molecular complexity index is 929. The number of carbonyl (C=O) groups is 2. The van der Waals surface area contributed by atoms with Gasteiger partial charge in [-0.3, -0.25) is 14.5 Å². The molecular weight excluding hydrogens is 362 g/mol. The molecule has 1 aliphatic heterocycles. The normalized spacial score (nSPS) is 15.2. The van der Waals surface area contributed by atoms with Gasteiger partial charge >= 0.3 is 0 Å². The van der Waals surface area contributed by atoms with Gasteiger partial charge in [0.05, 0.1) is 22.2 Å². The van der Waals surface area contributed by atoms with Crippen molar-refractivity contribution in [2.75, 3.05) is 39.3 Å². The Labute approximate surface area is 161 Å². The number of aromatic nitrogens is 2. The van der Waals surface area contributed by atoms with Crippen molar-refractivity contribution in [1.29, 1.82) is 0 Å². The second-order valence-electron chi connectivity index (χ2n) is 6.50. The van der Waals surface area contributed by atoms with Crippen LogP contribution in [0.1, 0.15) is 20.0 Å². The zero-order valence-corrected chi connectivity index (χ0v) is 15.7. The summed E-state index contributed by atoms with van der Waals surface area (Å²) in [6.07, 6.45) is 1.62. The molecule has 1 aliphatic rings. The predicted octanol–water partition coefficient (Wildman–Crippen LogP) is 1.81. The minimum atomic E-state index is -0.0852. The van der Waals surface area contributed by atoms with Crippen LogP contribution < -0.4 is 5.32 Å². The Morgan fingerprint density at radius 2 is 2.04 bits per heavy atom. The van der Waals surface area contributed by atoms with E-state index in [2.05, 4.69) is 20.2 Å². The number of thiophene rings is 1. The van der Waals surface area contributed by atoms with Gasteiger partial charge in [0, 0.05) is 44.8 Å². The third-order valence-electron chi connectivity index (χ3n) is 4.79. The van der Waals surface area contributed by atoms with Crippen LogP contribution in [-0.2, 0) is 0 Å². The first-order valence-electron chi connectivity index (χ1n) is 8.97. The summed E-state index contributed by atoms with van der Waals surface area (Å²) in [5, 5.41) is 4.89. The van der Waals surface area contributed by atoms with Crippen LogP contribution in [0.15, 0.2) is 42.0 Å². The number of imidazole rings is 1. The summed E-state index contributed by atoms with van der Waals surface area (Å²) in [4.78, 5) is 36.8. The fraction of sp³-hybridized carbons (Fsp3) is 0.316. The van der Waals surface area contributed by atoms with Crippen molar-refractivity contribution in [3.8, 4) is 0 Å². The number of benzene rings is 1. The number of rotatable bonds is 5. The molecule has 140 valence electrons. The first kappa shape index (κ1) is 17.7. The maximum absolute atomic E-state index is 12.4. The van der Waals surface area contributed by atoms with Gasteiger partial charge in [-0.15, -0.1) is 11.3 Å². The van der Waals surface area contributed by atoms with E-state index in [0.29, 0.717) is 12.1 Å². The summed E-state index contributed by atoms with van der Waals surface area (Å²) < 4.78 is 0. The number of carbonyl (C=O) groups excluding carboxylic acids is 2. The van der Waals surface area contributed by atoms with Crippen molar-refractivity contribution in [3.05, 3.63) is 52.5 Å². The van der Waals surface area contributed by atoms with E-state index in [1.54, 1.807) is 12.4 Å². The highest BCUT2D eigenvalue weighted by atomic mass is 32.1. The Morgan fingerprint density at radius 1 is 1.19 bits per heavy atom. The Morgan fingerprint density at radius 3 is 2.81 bits per heavy atom. The molecule has 4 rings (SSSR count). The van der Waals surface area contributed by atoms with Crippen molar-refractivity contribution in [2.45, 2.75) is 0 Å². The molecule has 2 aromatic heterocycles. The number of nitrogens with one attached hydrogen (secondary N) is 2. The molecule has 8 heteroatoms. The second kappa shape index (κ2) is 7.89. The molecule has 0 atom stereocenters. The van der Waals surface area contributed by atoms with E-state index in [9.17, 15) is 9.59 Å². The van der Waals surface area contributed by atoms with Crippen LogP contribution in [0.3, 0.4) is 0 Å². The number of aromatic amines is 1. The minimum Gasteiger partial charge on any atom is -0.351 e. The van der Waals surface area contributed by atoms with Crippen LogP contribution in [0, 0.1) is 0 Å². The van der Waals surface area contributed by atoms with Crippen LogP contribution >= 0.6 is 11.3 Å². The summed E-state index contributed by atoms with van der Waals surface area (Å²) in [6, 6.07) is 9.21. The van der Waals surface area contributed by atoms with Crippen molar-refractivity contribution in [2.24, 2.45) is 0 Å². The zero-order valence-electron chi connectivity index (χ0n) is 14.9. The molecule has 0 aliphatic carbocycles. The number of amides is 2. The zero-order chi connectivity index (χ0) is 18.6. The highest BCUT2D eigenvalue weighted by Crippen LogP contribution is 2.14. The molecule has 0 unspecified atom stereocenters. The average Bonchev–Trinajstić information content (AvgIpc) is 3.39. The van der Waals surface area contributed by atoms with Crippen LogP contribution in [0.4, 0.5) is 0 Å². The Hall–Kier alpha value is -2.71. The minimum absolute atomic E-state index is 0.0852. The largest absolute Gasteiger partial charge is 0.351 e. The summed E-state index contributed by atoms with van der Waals surface area (Å²) in [7, 11) is 0. The average molecular weight is 383 g/mol. The molecule has 2 N–H and O–H groups in total. The van der Waals surface area contributed by atoms with Gasteiger partial charge in [-0.25, -0.2) is 4.98 Å². The number of hydrogen-bond donors (Lipinski definition) is 2. The van der Waals surface area contributed by atoms with Gasteiger partial charge < -0.3 is 15.2 Å². The number of fused-ring (bicyclic) bond motifs is 1. The molecule has 0 saturated carbocycles. The third-order valence-corrected chi connectivity index (χ3v) is 5.65. The van der Waals surface area contributed by atoms with Crippen molar-refractivity contribution in [1.82, 2.24) is 25.1 Å². The van der Waals surface area contributed by atoms with Crippen molar-refractivity contribution < 1.29 is 9.59 Å². The van der Waals surface area contributed by atoms with Gasteiger partial charge in [0.2, 0.25) is 0 Å². The van der Waals surface area contributed by atoms with E-state index < -0.39 is 0 Å². The van der Waals surface area contributed by atoms with E-state index in [-0.39, 0.29) is 11.8 Å². The van der Waals surface area contributed by atoms with Crippen molar-refractivity contribution in [3.63, 3.8) is 0 Å². The number of nitrogens with zero attached hydrogens (tertiary/aromatic N) is 3. The lowest BCUT2D eigenvalue weighted by molar-refractivity contribution is 0.0643. The molecular formula is C19H21N5O2S. The Balaban J connectivity index is 1.22. The SMILES string of the molecule is O=C(NCCN1CCN(C(=O)c2cccs2)CC1)c1ccc2nc[nH]c2c1. The van der Waals surface area contributed by atoms with Gasteiger partial charge in [-0.1, -0.05) is 6.07 Å². The lowest BCUT2D eigenvalue weighted by Crippen LogP contribution is -2.50. The van der Waals surface area contributed by atoms with Crippen LogP contribution in [0.25, 0.3) is 11.0 Å². The van der Waals surface area contributed by atoms with Gasteiger partial charge in [0.15, 0.2) is 0 Å². The standard InChI is InChI=1S/C19H21N5O2S/c25-18(14-3-4-15-16(12-14)22-13-21-15)20-5-6-23-7-9-24(10-8-23)19(26)17-2-1-11-27-17/h1-4,11-13H,5-10H2,(H,20,25)(H,21,22). The first-order valence-corrected chi connectivity index (χ1v) is 9.85. The van der Waals surface area contributed by atoms with Gasteiger partial charge in [-0.2, -0.15) is 0 Å². The monoisotopic (exact) mass is 383 g/mol. The third kappa shape index (κ3) is 4.01. The number of hydrogen-bond acceptors (Lipinski definition) is 5. The van der Waals surface area contributed by atoms with E-state index in [0.717, 1.165) is 48.6 Å². The highest BCUT2D eigenvalue weighted by Gasteiger charge is 2.22. The lowest BCUT2D eigenvalue weighted by Gasteiger charge is -2.34. The maximum Gasteiger partial charge on any atom is 0.264 e. The number of piperazine rings is 1. The summed E-state index contributed by atoms with van der Waals surface area (Å²) in [5.74, 6) is 0.0326. The fourth-order valence-electron chi connectivity index (χ4n) is 3.24. The van der Waals surface area contributed by atoms with Crippen LogP contribution in [0.5, 0.6) is 0 Å². The summed E-state index contributed by atoms with van der Waals surface area (Å²) >= 11 is 1.48. The molecule has 3 heterocycles. The van der Waals surface area contributed by atoms with Crippen molar-refractivity contribution >= 4 is 34.2 Å². The molecule has 1 saturated heterocycles. The number of H-pyrrole nitrogens is 1. The molecule has 2 amide bonds. The molecule has 7 nitrogen and oxygen atoms in total. The van der Waals surface area contributed by atoms with E-state index in [1.807, 2.05) is 34.5 Å². The smallest absolute Gasteiger partial charge is 0.264 e. The first-order chi connectivity index (χ1) is 13.2. The quantitative estimate of drug-likeness (QED) is 0.704. The second-order valence-corrected chi connectivity index (χ2v) is 7.45. The van der Waals surface area contributed by atoms with Crippen LogP contribution in [-0.4, -0.2) is 70.9 Å². The molecule has 0 bridgehead atoms. The molecule has 3 aromatic rings. The molecule has 27 heavy (non-hydrogen) atoms. The van der Waals surface area contributed by atoms with Gasteiger partial charge in [-0.05, 0) is 29.6 Å². The van der Waals surface area contributed by atoms with E-state index >= 15 is 0 Å². The van der Waals surface area contributed by atoms with E-state index in [1.165, 1.54) is 11.3 Å². The Kier molecular flexibility index (Phi) is 5.17. The summed E-state index contributed by atoms with van der Waals surface area (Å²) in [6.45, 7) is 4.46. The predicted molar refractivity (Wildman–Crippen MR) is 105 cm³/mol. The topological polar surface area (TPSA) is 81.3 Å². The van der Waals surface area contributed by atoms with E-state index in [4.69, 9.17) is 0 Å². The highest BCUT2D eigenvalue weighted by molar-refractivity contribution is 7.12. The van der Waals surface area contributed by atoms with Gasteiger partial charge in [0.1, 0.15) is 0 Å². The molecule has 0 spiro atoms. The summed E-state index contributed by atoms with van der Waals surface area (Å²) in [5.41, 5.74) is 2.33. The maximum atomic E-state index is 12.4. The fourth-order valence-corrected chi connectivity index (χ4v) is 3.93. The van der Waals surface area contributed by atoms with Crippen LogP contribution in [0.2, 0.25) is 0 Å².